The van der Waals surface area contributed by atoms with Crippen LogP contribution in [0, 0.1) is 14.9 Å². The Kier molecular flexibility index (Phi) is 4.86. The van der Waals surface area contributed by atoms with Gasteiger partial charge < -0.3 is 10.4 Å². The van der Waals surface area contributed by atoms with Crippen LogP contribution in [-0.4, -0.2) is 16.6 Å². The minimum Gasteiger partial charge on any atom is -0.507 e. The van der Waals surface area contributed by atoms with Gasteiger partial charge in [0.05, 0.1) is 9.64 Å². The van der Waals surface area contributed by atoms with Crippen molar-refractivity contribution in [2.45, 2.75) is 44.1 Å². The Hall–Kier alpha value is -1.29. The summed E-state index contributed by atoms with van der Waals surface area (Å²) in [6, 6.07) is 7.09. The fraction of sp³-hybridized carbons (Fsp3) is 0.467. The second kappa shape index (κ2) is 6.44. The van der Waals surface area contributed by atoms with Gasteiger partial charge in [-0.2, -0.15) is 5.26 Å². The van der Waals surface area contributed by atoms with Crippen LogP contribution in [0.1, 0.15) is 48.9 Å². The molecule has 0 heterocycles. The molecule has 1 aliphatic rings. The first kappa shape index (κ1) is 15.1. The van der Waals surface area contributed by atoms with Gasteiger partial charge in [-0.15, -0.1) is 0 Å². The number of nitriles is 1. The second-order valence-electron chi connectivity index (χ2n) is 5.23. The molecule has 0 saturated heterocycles. The third-order valence-electron chi connectivity index (χ3n) is 3.73. The summed E-state index contributed by atoms with van der Waals surface area (Å²) < 4.78 is 0.698. The van der Waals surface area contributed by atoms with Gasteiger partial charge >= 0.3 is 0 Å². The minimum absolute atomic E-state index is 0.0881. The highest BCUT2D eigenvalue weighted by atomic mass is 127. The molecule has 0 radical (unpaired) electrons. The lowest BCUT2D eigenvalue weighted by atomic mass is 9.91. The molecular formula is C15H17IN2O2. The first-order chi connectivity index (χ1) is 9.56. The number of rotatable bonds is 2. The van der Waals surface area contributed by atoms with E-state index in [0.29, 0.717) is 22.0 Å². The molecule has 2 rings (SSSR count). The fourth-order valence-corrected chi connectivity index (χ4v) is 2.88. The van der Waals surface area contributed by atoms with Crippen molar-refractivity contribution in [3.05, 3.63) is 27.3 Å². The first-order valence-electron chi connectivity index (χ1n) is 6.79. The van der Waals surface area contributed by atoms with E-state index < -0.39 is 5.54 Å². The van der Waals surface area contributed by atoms with Crippen molar-refractivity contribution in [3.8, 4) is 11.8 Å². The monoisotopic (exact) mass is 384 g/mol. The Bertz CT molecular complexity index is 543. The zero-order chi connectivity index (χ0) is 14.6. The van der Waals surface area contributed by atoms with E-state index >= 15 is 0 Å². The molecule has 0 aliphatic heterocycles. The quantitative estimate of drug-likeness (QED) is 0.607. The number of carbonyl (C=O) groups is 1. The molecule has 1 fully saturated rings. The number of phenols is 1. The molecule has 0 aromatic heterocycles. The Morgan fingerprint density at radius 1 is 1.30 bits per heavy atom. The van der Waals surface area contributed by atoms with Gasteiger partial charge in [-0.05, 0) is 53.6 Å². The average molecular weight is 384 g/mol. The number of benzene rings is 1. The molecular weight excluding hydrogens is 367 g/mol. The lowest BCUT2D eigenvalue weighted by molar-refractivity contribution is 0.0912. The fourth-order valence-electron chi connectivity index (χ4n) is 2.54. The summed E-state index contributed by atoms with van der Waals surface area (Å²) in [6.45, 7) is 0. The van der Waals surface area contributed by atoms with Gasteiger partial charge in [-0.25, -0.2) is 0 Å². The Labute approximate surface area is 132 Å². The van der Waals surface area contributed by atoms with E-state index in [2.05, 4.69) is 11.4 Å². The molecule has 0 bridgehead atoms. The molecule has 1 saturated carbocycles. The second-order valence-corrected chi connectivity index (χ2v) is 6.39. The zero-order valence-electron chi connectivity index (χ0n) is 11.2. The van der Waals surface area contributed by atoms with Crippen LogP contribution in [-0.2, 0) is 0 Å². The third-order valence-corrected chi connectivity index (χ3v) is 4.64. The Morgan fingerprint density at radius 3 is 2.50 bits per heavy atom. The van der Waals surface area contributed by atoms with E-state index in [9.17, 15) is 15.2 Å². The van der Waals surface area contributed by atoms with Crippen LogP contribution < -0.4 is 5.32 Å². The van der Waals surface area contributed by atoms with Crippen molar-refractivity contribution in [2.75, 3.05) is 0 Å². The predicted molar refractivity (Wildman–Crippen MR) is 84.3 cm³/mol. The molecule has 106 valence electrons. The number of nitrogens with zero attached hydrogens (tertiary/aromatic N) is 1. The summed E-state index contributed by atoms with van der Waals surface area (Å²) in [7, 11) is 0. The molecule has 20 heavy (non-hydrogen) atoms. The van der Waals surface area contributed by atoms with Gasteiger partial charge in [0.2, 0.25) is 0 Å². The van der Waals surface area contributed by atoms with E-state index in [1.165, 1.54) is 6.07 Å². The molecule has 0 atom stereocenters. The number of hydrogen-bond donors (Lipinski definition) is 2. The number of aromatic hydroxyl groups is 1. The summed E-state index contributed by atoms with van der Waals surface area (Å²) in [4.78, 5) is 12.3. The van der Waals surface area contributed by atoms with Gasteiger partial charge in [-0.3, -0.25) is 4.79 Å². The molecule has 4 nitrogen and oxygen atoms in total. The van der Waals surface area contributed by atoms with Gasteiger partial charge in [0.15, 0.2) is 0 Å². The van der Waals surface area contributed by atoms with Crippen LogP contribution in [0.25, 0.3) is 0 Å². The number of phenolic OH excluding ortho intramolecular Hbond substituents is 1. The molecule has 1 aromatic rings. The van der Waals surface area contributed by atoms with Crippen LogP contribution in [0.5, 0.6) is 5.75 Å². The molecule has 1 amide bonds. The predicted octanol–water partition coefficient (Wildman–Crippen LogP) is 3.34. The number of halogens is 1. The molecule has 1 aromatic carbocycles. The first-order valence-corrected chi connectivity index (χ1v) is 7.86. The SMILES string of the molecule is N#CC1(NC(=O)c2ccc(I)c(O)c2)CCCCCC1. The summed E-state index contributed by atoms with van der Waals surface area (Å²) in [6.07, 6.45) is 5.56. The maximum Gasteiger partial charge on any atom is 0.252 e. The van der Waals surface area contributed by atoms with Crippen molar-refractivity contribution in [1.29, 1.82) is 5.26 Å². The van der Waals surface area contributed by atoms with Crippen molar-refractivity contribution >= 4 is 28.5 Å². The molecule has 0 spiro atoms. The summed E-state index contributed by atoms with van der Waals surface area (Å²) in [5, 5.41) is 22.0. The maximum absolute atomic E-state index is 12.3. The van der Waals surface area contributed by atoms with Crippen molar-refractivity contribution in [3.63, 3.8) is 0 Å². The largest absolute Gasteiger partial charge is 0.507 e. The Balaban J connectivity index is 2.16. The topological polar surface area (TPSA) is 73.1 Å². The van der Waals surface area contributed by atoms with Crippen LogP contribution in [0.4, 0.5) is 0 Å². The van der Waals surface area contributed by atoms with Gasteiger partial charge in [0, 0.05) is 5.56 Å². The van der Waals surface area contributed by atoms with Gasteiger partial charge in [-0.1, -0.05) is 25.7 Å². The van der Waals surface area contributed by atoms with Crippen LogP contribution >= 0.6 is 22.6 Å². The number of nitrogens with one attached hydrogen (secondary N) is 1. The number of amides is 1. The smallest absolute Gasteiger partial charge is 0.252 e. The van der Waals surface area contributed by atoms with E-state index in [1.807, 2.05) is 22.6 Å². The van der Waals surface area contributed by atoms with E-state index in [1.54, 1.807) is 12.1 Å². The highest BCUT2D eigenvalue weighted by Gasteiger charge is 2.32. The van der Waals surface area contributed by atoms with Gasteiger partial charge in [0.25, 0.3) is 5.91 Å². The van der Waals surface area contributed by atoms with Crippen molar-refractivity contribution < 1.29 is 9.90 Å². The average Bonchev–Trinajstić information content (AvgIpc) is 2.68. The summed E-state index contributed by atoms with van der Waals surface area (Å²) >= 11 is 2.00. The van der Waals surface area contributed by atoms with Crippen LogP contribution in [0.2, 0.25) is 0 Å². The molecule has 0 unspecified atom stereocenters. The summed E-state index contributed by atoms with van der Waals surface area (Å²) in [5.41, 5.74) is -0.367. The lowest BCUT2D eigenvalue weighted by Gasteiger charge is -2.26. The minimum atomic E-state index is -0.758. The standard InChI is InChI=1S/C15H17IN2O2/c16-12-6-5-11(9-13(12)19)14(20)18-15(10-17)7-3-1-2-4-8-15/h5-6,9,19H,1-4,7-8H2,(H,18,20). The summed E-state index contributed by atoms with van der Waals surface area (Å²) in [5.74, 6) is -0.203. The Morgan fingerprint density at radius 2 is 1.95 bits per heavy atom. The number of hydrogen-bond acceptors (Lipinski definition) is 3. The van der Waals surface area contributed by atoms with Crippen molar-refractivity contribution in [1.82, 2.24) is 5.32 Å². The normalized spacial score (nSPS) is 17.8. The van der Waals surface area contributed by atoms with Crippen LogP contribution in [0.15, 0.2) is 18.2 Å². The third kappa shape index (κ3) is 3.42. The number of carbonyl (C=O) groups excluding carboxylic acids is 1. The zero-order valence-corrected chi connectivity index (χ0v) is 13.3. The van der Waals surface area contributed by atoms with E-state index in [-0.39, 0.29) is 11.7 Å². The molecule has 5 heteroatoms. The molecule has 2 N–H and O–H groups in total. The lowest BCUT2D eigenvalue weighted by Crippen LogP contribution is -2.47. The van der Waals surface area contributed by atoms with E-state index in [0.717, 1.165) is 25.7 Å². The highest BCUT2D eigenvalue weighted by Crippen LogP contribution is 2.27. The molecule has 1 aliphatic carbocycles. The maximum atomic E-state index is 12.3. The van der Waals surface area contributed by atoms with Gasteiger partial charge in [0.1, 0.15) is 11.3 Å². The van der Waals surface area contributed by atoms with Crippen molar-refractivity contribution in [2.24, 2.45) is 0 Å². The highest BCUT2D eigenvalue weighted by molar-refractivity contribution is 14.1. The van der Waals surface area contributed by atoms with E-state index in [4.69, 9.17) is 0 Å². The van der Waals surface area contributed by atoms with Crippen LogP contribution in [0.3, 0.4) is 0 Å².